The molecule has 0 amide bonds. The molecule has 3 rings (SSSR count). The van der Waals surface area contributed by atoms with Crippen molar-refractivity contribution in [3.63, 3.8) is 0 Å². The van der Waals surface area contributed by atoms with Crippen molar-refractivity contribution in [3.05, 3.63) is 44.3 Å². The van der Waals surface area contributed by atoms with Gasteiger partial charge in [0.1, 0.15) is 0 Å². The third-order valence-electron chi connectivity index (χ3n) is 3.87. The zero-order valence-electron chi connectivity index (χ0n) is 11.2. The third-order valence-corrected chi connectivity index (χ3v) is 5.55. The van der Waals surface area contributed by atoms with Crippen molar-refractivity contribution in [1.29, 1.82) is 0 Å². The van der Waals surface area contributed by atoms with Gasteiger partial charge in [-0.3, -0.25) is 0 Å². The van der Waals surface area contributed by atoms with Crippen LogP contribution in [0.3, 0.4) is 0 Å². The van der Waals surface area contributed by atoms with E-state index < -0.39 is 0 Å². The predicted octanol–water partition coefficient (Wildman–Crippen LogP) is 4.35. The zero-order valence-corrected chi connectivity index (χ0v) is 13.6. The van der Waals surface area contributed by atoms with Gasteiger partial charge >= 0.3 is 0 Å². The highest BCUT2D eigenvalue weighted by Crippen LogP contribution is 2.30. The van der Waals surface area contributed by atoms with E-state index in [0.717, 1.165) is 6.54 Å². The summed E-state index contributed by atoms with van der Waals surface area (Å²) in [6.45, 7) is 0.986. The van der Waals surface area contributed by atoms with Gasteiger partial charge in [-0.15, -0.1) is 11.3 Å². The fourth-order valence-electron chi connectivity index (χ4n) is 2.92. The summed E-state index contributed by atoms with van der Waals surface area (Å²) < 4.78 is 3.54. The van der Waals surface area contributed by atoms with Crippen LogP contribution in [-0.2, 0) is 13.0 Å². The van der Waals surface area contributed by atoms with E-state index in [1.165, 1.54) is 46.2 Å². The van der Waals surface area contributed by atoms with Crippen molar-refractivity contribution in [3.8, 4) is 0 Å². The maximum atomic E-state index is 3.52. The Balaban J connectivity index is 1.84. The summed E-state index contributed by atoms with van der Waals surface area (Å²) in [6.07, 6.45) is 9.83. The molecule has 1 atom stereocenters. The quantitative estimate of drug-likeness (QED) is 0.823. The summed E-state index contributed by atoms with van der Waals surface area (Å²) in [7, 11) is 2.08. The van der Waals surface area contributed by atoms with Crippen LogP contribution >= 0.6 is 27.3 Å². The van der Waals surface area contributed by atoms with Crippen LogP contribution in [-0.4, -0.2) is 11.6 Å². The number of hydrogen-bond donors (Lipinski definition) is 1. The van der Waals surface area contributed by atoms with Crippen molar-refractivity contribution in [1.82, 2.24) is 9.88 Å². The zero-order chi connectivity index (χ0) is 13.2. The Labute approximate surface area is 127 Å². The van der Waals surface area contributed by atoms with Gasteiger partial charge in [-0.2, -0.15) is 0 Å². The highest BCUT2D eigenvalue weighted by atomic mass is 79.9. The maximum Gasteiger partial charge on any atom is 0.0564 e. The monoisotopic (exact) mass is 338 g/mol. The van der Waals surface area contributed by atoms with Crippen LogP contribution in [0, 0.1) is 0 Å². The Hall–Kier alpha value is -0.580. The molecule has 0 saturated heterocycles. The van der Waals surface area contributed by atoms with Gasteiger partial charge in [-0.25, -0.2) is 0 Å². The number of thiophene rings is 1. The molecule has 102 valence electrons. The Kier molecular flexibility index (Phi) is 4.10. The van der Waals surface area contributed by atoms with Crippen LogP contribution < -0.4 is 5.32 Å². The van der Waals surface area contributed by atoms with E-state index in [4.69, 9.17) is 0 Å². The molecule has 2 aromatic rings. The molecule has 0 bridgehead atoms. The molecular weight excluding hydrogens is 320 g/mol. The molecule has 4 heteroatoms. The van der Waals surface area contributed by atoms with Crippen molar-refractivity contribution < 1.29 is 0 Å². The van der Waals surface area contributed by atoms with Crippen molar-refractivity contribution in [2.75, 3.05) is 7.05 Å². The number of aromatic nitrogens is 1. The molecule has 0 aromatic carbocycles. The first-order valence-corrected chi connectivity index (χ1v) is 8.52. The highest BCUT2D eigenvalue weighted by molar-refractivity contribution is 9.10. The number of hydrogen-bond acceptors (Lipinski definition) is 2. The summed E-state index contributed by atoms with van der Waals surface area (Å²) in [6, 6.07) is 2.75. The fourth-order valence-corrected chi connectivity index (χ4v) is 4.38. The number of fused-ring (bicyclic) bond motifs is 1. The molecule has 0 saturated carbocycles. The second-order valence-electron chi connectivity index (χ2n) is 5.23. The molecule has 1 aliphatic rings. The lowest BCUT2D eigenvalue weighted by Gasteiger charge is -2.13. The summed E-state index contributed by atoms with van der Waals surface area (Å²) in [5.74, 6) is 0. The van der Waals surface area contributed by atoms with Gasteiger partial charge in [0.15, 0.2) is 0 Å². The second-order valence-corrected chi connectivity index (χ2v) is 7.14. The van der Waals surface area contributed by atoms with Gasteiger partial charge in [-0.05, 0) is 59.4 Å². The number of halogens is 1. The van der Waals surface area contributed by atoms with Crippen LogP contribution in [0.15, 0.2) is 28.3 Å². The molecule has 1 N–H and O–H groups in total. The van der Waals surface area contributed by atoms with Crippen LogP contribution in [0.25, 0.3) is 0 Å². The molecule has 0 spiro atoms. The highest BCUT2D eigenvalue weighted by Gasteiger charge is 2.19. The van der Waals surface area contributed by atoms with Crippen molar-refractivity contribution in [2.45, 2.75) is 38.3 Å². The average Bonchev–Trinajstić information content (AvgIpc) is 2.92. The predicted molar refractivity (Wildman–Crippen MR) is 84.9 cm³/mol. The summed E-state index contributed by atoms with van der Waals surface area (Å²) >= 11 is 5.34. The first kappa shape index (κ1) is 13.4. The SMILES string of the molecule is CNC1CCCCc2cn(Cc3cc(Br)cs3)cc21. The third kappa shape index (κ3) is 2.96. The number of rotatable bonds is 3. The molecule has 2 aromatic heterocycles. The lowest BCUT2D eigenvalue weighted by molar-refractivity contribution is 0.531. The first-order valence-electron chi connectivity index (χ1n) is 6.85. The van der Waals surface area contributed by atoms with Gasteiger partial charge in [0.05, 0.1) is 6.54 Å². The van der Waals surface area contributed by atoms with Gasteiger partial charge in [-0.1, -0.05) is 6.42 Å². The topological polar surface area (TPSA) is 17.0 Å². The van der Waals surface area contributed by atoms with E-state index in [2.05, 4.69) is 56.7 Å². The largest absolute Gasteiger partial charge is 0.348 e. The second kappa shape index (κ2) is 5.81. The minimum atomic E-state index is 0.536. The van der Waals surface area contributed by atoms with Crippen molar-refractivity contribution >= 4 is 27.3 Å². The molecule has 2 heterocycles. The average molecular weight is 339 g/mol. The van der Waals surface area contributed by atoms with Crippen LogP contribution in [0.1, 0.15) is 41.3 Å². The molecular formula is C15H19BrN2S. The van der Waals surface area contributed by atoms with Gasteiger partial charge in [0, 0.05) is 33.2 Å². The summed E-state index contributed by atoms with van der Waals surface area (Å²) in [4.78, 5) is 1.40. The minimum absolute atomic E-state index is 0.536. The van der Waals surface area contributed by atoms with Crippen LogP contribution in [0.5, 0.6) is 0 Å². The van der Waals surface area contributed by atoms with Crippen molar-refractivity contribution in [2.24, 2.45) is 0 Å². The summed E-state index contributed by atoms with van der Waals surface area (Å²) in [5, 5.41) is 5.62. The molecule has 2 nitrogen and oxygen atoms in total. The number of nitrogens with one attached hydrogen (secondary N) is 1. The standard InChI is InChI=1S/C15H19BrN2S/c1-17-15-5-3-2-4-11-7-18(9-14(11)15)8-13-6-12(16)10-19-13/h6-7,9-10,15,17H,2-5,8H2,1H3. The number of nitrogens with zero attached hydrogens (tertiary/aromatic N) is 1. The molecule has 0 fully saturated rings. The molecule has 0 radical (unpaired) electrons. The Bertz CT molecular complexity index is 558. The molecule has 1 unspecified atom stereocenters. The van der Waals surface area contributed by atoms with Crippen LogP contribution in [0.2, 0.25) is 0 Å². The number of aryl methyl sites for hydroxylation is 1. The molecule has 0 aliphatic heterocycles. The van der Waals surface area contributed by atoms with E-state index in [1.807, 2.05) is 11.3 Å². The van der Waals surface area contributed by atoms with E-state index in [9.17, 15) is 0 Å². The van der Waals surface area contributed by atoms with E-state index >= 15 is 0 Å². The molecule has 19 heavy (non-hydrogen) atoms. The Morgan fingerprint density at radius 3 is 3.05 bits per heavy atom. The fraction of sp³-hybridized carbons (Fsp3) is 0.467. The van der Waals surface area contributed by atoms with E-state index in [1.54, 1.807) is 0 Å². The lowest BCUT2D eigenvalue weighted by Crippen LogP contribution is -2.15. The van der Waals surface area contributed by atoms with Gasteiger partial charge < -0.3 is 9.88 Å². The van der Waals surface area contributed by atoms with Crippen LogP contribution in [0.4, 0.5) is 0 Å². The van der Waals surface area contributed by atoms with Gasteiger partial charge in [0.2, 0.25) is 0 Å². The Morgan fingerprint density at radius 1 is 1.42 bits per heavy atom. The summed E-state index contributed by atoms with van der Waals surface area (Å²) in [5.41, 5.74) is 3.04. The first-order chi connectivity index (χ1) is 9.26. The smallest absolute Gasteiger partial charge is 0.0564 e. The van der Waals surface area contributed by atoms with E-state index in [0.29, 0.717) is 6.04 Å². The van der Waals surface area contributed by atoms with Gasteiger partial charge in [0.25, 0.3) is 0 Å². The minimum Gasteiger partial charge on any atom is -0.348 e. The molecule has 1 aliphatic carbocycles. The maximum absolute atomic E-state index is 3.52. The Morgan fingerprint density at radius 2 is 2.32 bits per heavy atom. The van der Waals surface area contributed by atoms with E-state index in [-0.39, 0.29) is 0 Å². The lowest BCUT2D eigenvalue weighted by atomic mass is 10.1. The normalized spacial score (nSPS) is 19.2.